The van der Waals surface area contributed by atoms with E-state index >= 15 is 0 Å². The summed E-state index contributed by atoms with van der Waals surface area (Å²) in [6.07, 6.45) is 3.33. The summed E-state index contributed by atoms with van der Waals surface area (Å²) in [4.78, 5) is 55.6. The SMILES string of the molecule is COc1ccc(CNC(=O)[C@@H]2CC(=O)N(C)[C@@H](Cc3ccccc3)C(=O)NCCCCCCOc3ccccc3C(=O)N2)cc1. The van der Waals surface area contributed by atoms with Crippen LogP contribution >= 0.6 is 0 Å². The zero-order valence-corrected chi connectivity index (χ0v) is 25.9. The van der Waals surface area contributed by atoms with Crippen molar-refractivity contribution in [1.29, 1.82) is 0 Å². The summed E-state index contributed by atoms with van der Waals surface area (Å²) in [5, 5.41) is 8.58. The number of hydrogen-bond donors (Lipinski definition) is 3. The number of methoxy groups -OCH3 is 1. The Kier molecular flexibility index (Phi) is 12.4. The van der Waals surface area contributed by atoms with Crippen molar-refractivity contribution in [1.82, 2.24) is 20.9 Å². The Morgan fingerprint density at radius 3 is 2.38 bits per heavy atom. The fourth-order valence-corrected chi connectivity index (χ4v) is 5.11. The van der Waals surface area contributed by atoms with E-state index in [1.54, 1.807) is 50.6 Å². The van der Waals surface area contributed by atoms with Crippen LogP contribution in [0.2, 0.25) is 0 Å². The van der Waals surface area contributed by atoms with Gasteiger partial charge in [0.05, 0.1) is 25.7 Å². The Labute approximate surface area is 264 Å². The summed E-state index contributed by atoms with van der Waals surface area (Å²) >= 11 is 0. The average molecular weight is 615 g/mol. The Morgan fingerprint density at radius 2 is 1.62 bits per heavy atom. The highest BCUT2D eigenvalue weighted by Crippen LogP contribution is 2.20. The van der Waals surface area contributed by atoms with Gasteiger partial charge < -0.3 is 30.3 Å². The van der Waals surface area contributed by atoms with Crippen LogP contribution in [0.1, 0.15) is 53.6 Å². The van der Waals surface area contributed by atoms with Gasteiger partial charge in [-0.25, -0.2) is 0 Å². The Balaban J connectivity index is 1.59. The van der Waals surface area contributed by atoms with Crippen LogP contribution < -0.4 is 25.4 Å². The van der Waals surface area contributed by atoms with Crippen molar-refractivity contribution in [2.45, 2.75) is 57.2 Å². The van der Waals surface area contributed by atoms with Crippen molar-refractivity contribution in [3.63, 3.8) is 0 Å². The normalized spacial score (nSPS) is 18.7. The molecule has 1 aliphatic rings. The standard InChI is InChI=1S/C35H42N4O6/c1-39-30(22-25-12-6-5-7-13-25)35(43)36-20-10-3-4-11-21-45-31-15-9-8-14-28(31)33(41)38-29(23-32(39)40)34(42)37-24-26-16-18-27(44-2)19-17-26/h5-9,12-19,29-30H,3-4,10-11,20-24H2,1-2H3,(H,36,43)(H,37,42)(H,38,41)/t29-,30-/m0/s1. The molecule has 4 amide bonds. The molecule has 1 heterocycles. The number of amides is 4. The van der Waals surface area contributed by atoms with E-state index in [0.29, 0.717) is 31.1 Å². The smallest absolute Gasteiger partial charge is 0.255 e. The maximum atomic E-state index is 13.7. The van der Waals surface area contributed by atoms with Crippen LogP contribution in [0, 0.1) is 0 Å². The predicted molar refractivity (Wildman–Crippen MR) is 171 cm³/mol. The molecule has 0 fully saturated rings. The number of likely N-dealkylation sites (N-methyl/N-ethyl adjacent to an activating group) is 1. The van der Waals surface area contributed by atoms with Gasteiger partial charge in [0.15, 0.2) is 0 Å². The van der Waals surface area contributed by atoms with Crippen LogP contribution in [0.15, 0.2) is 78.9 Å². The molecule has 0 saturated carbocycles. The molecule has 10 heteroatoms. The molecule has 0 radical (unpaired) electrons. The average Bonchev–Trinajstić information content (AvgIpc) is 3.06. The van der Waals surface area contributed by atoms with Crippen molar-refractivity contribution in [3.8, 4) is 11.5 Å². The number of hydrogen-bond acceptors (Lipinski definition) is 6. The lowest BCUT2D eigenvalue weighted by Gasteiger charge is -2.29. The van der Waals surface area contributed by atoms with Crippen LogP contribution in [0.5, 0.6) is 11.5 Å². The van der Waals surface area contributed by atoms with Gasteiger partial charge in [-0.2, -0.15) is 0 Å². The highest BCUT2D eigenvalue weighted by Gasteiger charge is 2.32. The third kappa shape index (κ3) is 9.82. The molecule has 10 nitrogen and oxygen atoms in total. The molecule has 3 N–H and O–H groups in total. The highest BCUT2D eigenvalue weighted by molar-refractivity contribution is 6.01. The maximum Gasteiger partial charge on any atom is 0.255 e. The summed E-state index contributed by atoms with van der Waals surface area (Å²) in [6.45, 7) is 1.09. The number of rotatable bonds is 6. The number of nitrogens with one attached hydrogen (secondary N) is 3. The predicted octanol–water partition coefficient (Wildman–Crippen LogP) is 3.64. The van der Waals surface area contributed by atoms with Crippen LogP contribution in [-0.2, 0) is 27.3 Å². The lowest BCUT2D eigenvalue weighted by molar-refractivity contribution is -0.140. The van der Waals surface area contributed by atoms with Crippen molar-refractivity contribution in [2.75, 3.05) is 27.3 Å². The number of fused-ring (bicyclic) bond motifs is 1. The van der Waals surface area contributed by atoms with Crippen LogP contribution in [-0.4, -0.2) is 67.9 Å². The first kappa shape index (κ1) is 33.0. The van der Waals surface area contributed by atoms with E-state index in [9.17, 15) is 19.2 Å². The first-order valence-electron chi connectivity index (χ1n) is 15.4. The lowest BCUT2D eigenvalue weighted by atomic mass is 10.0. The van der Waals surface area contributed by atoms with E-state index in [0.717, 1.165) is 36.8 Å². The largest absolute Gasteiger partial charge is 0.497 e. The molecule has 45 heavy (non-hydrogen) atoms. The van der Waals surface area contributed by atoms with Gasteiger partial charge in [0.2, 0.25) is 17.7 Å². The Hall–Kier alpha value is -4.86. The highest BCUT2D eigenvalue weighted by atomic mass is 16.5. The first-order chi connectivity index (χ1) is 21.9. The molecule has 0 saturated heterocycles. The summed E-state index contributed by atoms with van der Waals surface area (Å²) in [7, 11) is 3.13. The van der Waals surface area contributed by atoms with Crippen molar-refractivity contribution in [3.05, 3.63) is 95.6 Å². The molecule has 1 aliphatic heterocycles. The summed E-state index contributed by atoms with van der Waals surface area (Å²) in [5.74, 6) is -0.695. The van der Waals surface area contributed by atoms with E-state index in [-0.39, 0.29) is 24.4 Å². The maximum absolute atomic E-state index is 13.7. The van der Waals surface area contributed by atoms with Crippen LogP contribution in [0.4, 0.5) is 0 Å². The number of nitrogens with zero attached hydrogens (tertiary/aromatic N) is 1. The number of ether oxygens (including phenoxy) is 2. The van der Waals surface area contributed by atoms with E-state index < -0.39 is 29.8 Å². The molecular formula is C35H42N4O6. The number of carbonyl (C=O) groups is 4. The summed E-state index contributed by atoms with van der Waals surface area (Å²) < 4.78 is 11.1. The van der Waals surface area contributed by atoms with Gasteiger partial charge in [-0.1, -0.05) is 67.4 Å². The van der Waals surface area contributed by atoms with Crippen LogP contribution in [0.25, 0.3) is 0 Å². The minimum Gasteiger partial charge on any atom is -0.497 e. The second-order valence-electron chi connectivity index (χ2n) is 11.1. The topological polar surface area (TPSA) is 126 Å². The van der Waals surface area contributed by atoms with E-state index in [2.05, 4.69) is 16.0 Å². The molecule has 0 spiro atoms. The first-order valence-corrected chi connectivity index (χ1v) is 15.4. The minimum atomic E-state index is -1.21. The van der Waals surface area contributed by atoms with Gasteiger partial charge in [-0.05, 0) is 48.2 Å². The second kappa shape index (κ2) is 16.8. The monoisotopic (exact) mass is 614 g/mol. The second-order valence-corrected chi connectivity index (χ2v) is 11.1. The molecule has 0 aromatic heterocycles. The quantitative estimate of drug-likeness (QED) is 0.389. The number of benzene rings is 3. The van der Waals surface area contributed by atoms with E-state index in [1.165, 1.54) is 4.90 Å². The summed E-state index contributed by atoms with van der Waals surface area (Å²) in [6, 6.07) is 21.5. The fourth-order valence-electron chi connectivity index (χ4n) is 5.11. The molecule has 3 aromatic rings. The van der Waals surface area contributed by atoms with Crippen molar-refractivity contribution in [2.24, 2.45) is 0 Å². The van der Waals surface area contributed by atoms with Gasteiger partial charge >= 0.3 is 0 Å². The number of para-hydroxylation sites is 1. The molecule has 2 atom stereocenters. The van der Waals surface area contributed by atoms with Gasteiger partial charge in [0.25, 0.3) is 5.91 Å². The molecule has 3 aromatic carbocycles. The zero-order chi connectivity index (χ0) is 32.0. The Morgan fingerprint density at radius 1 is 0.911 bits per heavy atom. The fraction of sp³-hybridized carbons (Fsp3) is 0.371. The van der Waals surface area contributed by atoms with Crippen molar-refractivity contribution >= 4 is 23.6 Å². The molecular weight excluding hydrogens is 572 g/mol. The summed E-state index contributed by atoms with van der Waals surface area (Å²) in [5.41, 5.74) is 1.99. The van der Waals surface area contributed by atoms with Crippen LogP contribution in [0.3, 0.4) is 0 Å². The molecule has 238 valence electrons. The molecule has 4 rings (SSSR count). The molecule has 0 aliphatic carbocycles. The third-order valence-corrected chi connectivity index (χ3v) is 7.82. The van der Waals surface area contributed by atoms with E-state index in [4.69, 9.17) is 9.47 Å². The minimum absolute atomic E-state index is 0.179. The Bertz CT molecular complexity index is 1430. The molecule has 0 bridgehead atoms. The van der Waals surface area contributed by atoms with Crippen molar-refractivity contribution < 1.29 is 28.7 Å². The zero-order valence-electron chi connectivity index (χ0n) is 25.9. The molecule has 0 unspecified atom stereocenters. The lowest BCUT2D eigenvalue weighted by Crippen LogP contribution is -2.53. The van der Waals surface area contributed by atoms with Gasteiger partial charge in [-0.15, -0.1) is 0 Å². The number of carbonyl (C=O) groups excluding carboxylic acids is 4. The third-order valence-electron chi connectivity index (χ3n) is 7.82. The van der Waals surface area contributed by atoms with Gasteiger partial charge in [0, 0.05) is 26.6 Å². The van der Waals surface area contributed by atoms with Gasteiger partial charge in [-0.3, -0.25) is 19.2 Å². The van der Waals surface area contributed by atoms with Gasteiger partial charge in [0.1, 0.15) is 23.6 Å². The van der Waals surface area contributed by atoms with E-state index in [1.807, 2.05) is 42.5 Å².